The van der Waals surface area contributed by atoms with Crippen molar-refractivity contribution in [3.05, 3.63) is 121 Å². The molecule has 0 aliphatic heterocycles. The fourth-order valence-electron chi connectivity index (χ4n) is 3.77. The first-order chi connectivity index (χ1) is 13.9. The molecule has 0 saturated carbocycles. The van der Waals surface area contributed by atoms with Gasteiger partial charge in [-0.2, -0.15) is 0 Å². The normalized spacial score (nSPS) is 10.5. The van der Waals surface area contributed by atoms with E-state index in [9.17, 15) is 0 Å². The first-order valence-electron chi connectivity index (χ1n) is 9.62. The SMILES string of the molecule is [Cr].c1ccc2cc3ccccc3cc2c1.c1ccc2cc3ccccc3cc2c1. The maximum absolute atomic E-state index is 2.24. The topological polar surface area (TPSA) is 0 Å². The van der Waals surface area contributed by atoms with E-state index in [0.29, 0.717) is 0 Å². The molecule has 1 heteroatoms. The molecule has 6 aromatic rings. The standard InChI is InChI=1S/2C14H10.Cr/c2*1-2-6-12-10-14-8-4-3-7-13(14)9-11(12)5-1;/h2*1-10H;. The Balaban J connectivity index is 0.000000137. The Bertz CT molecular complexity index is 1090. The van der Waals surface area contributed by atoms with Crippen LogP contribution in [0.3, 0.4) is 0 Å². The van der Waals surface area contributed by atoms with Gasteiger partial charge in [0, 0.05) is 17.4 Å². The molecular weight excluding hydrogens is 388 g/mol. The third-order valence-electron chi connectivity index (χ3n) is 5.23. The first kappa shape index (κ1) is 19.2. The van der Waals surface area contributed by atoms with E-state index in [2.05, 4.69) is 121 Å². The summed E-state index contributed by atoms with van der Waals surface area (Å²) in [6.07, 6.45) is 0. The quantitative estimate of drug-likeness (QED) is 0.224. The van der Waals surface area contributed by atoms with Crippen molar-refractivity contribution in [3.63, 3.8) is 0 Å². The summed E-state index contributed by atoms with van der Waals surface area (Å²) in [5, 5.41) is 10.5. The van der Waals surface area contributed by atoms with Gasteiger partial charge >= 0.3 is 0 Å². The van der Waals surface area contributed by atoms with Crippen LogP contribution in [0.5, 0.6) is 0 Å². The fourth-order valence-corrected chi connectivity index (χ4v) is 3.77. The molecule has 0 bridgehead atoms. The van der Waals surface area contributed by atoms with Crippen molar-refractivity contribution in [1.29, 1.82) is 0 Å². The Hall–Kier alpha value is -3.11. The van der Waals surface area contributed by atoms with Crippen LogP contribution in [0.4, 0.5) is 0 Å². The van der Waals surface area contributed by atoms with E-state index in [4.69, 9.17) is 0 Å². The molecule has 0 fully saturated rings. The molecular formula is C28H20Cr. The Labute approximate surface area is 181 Å². The molecule has 0 heterocycles. The van der Waals surface area contributed by atoms with Crippen LogP contribution in [-0.2, 0) is 17.4 Å². The second-order valence-corrected chi connectivity index (χ2v) is 7.09. The largest absolute Gasteiger partial charge is 0.0616 e. The van der Waals surface area contributed by atoms with Crippen LogP contribution in [0.2, 0.25) is 0 Å². The number of hydrogen-bond donors (Lipinski definition) is 0. The molecule has 138 valence electrons. The van der Waals surface area contributed by atoms with Gasteiger partial charge in [-0.1, -0.05) is 97.1 Å². The van der Waals surface area contributed by atoms with E-state index in [0.717, 1.165) is 0 Å². The Kier molecular flexibility index (Phi) is 5.63. The monoisotopic (exact) mass is 408 g/mol. The van der Waals surface area contributed by atoms with E-state index in [-0.39, 0.29) is 17.4 Å². The number of fused-ring (bicyclic) bond motifs is 4. The fraction of sp³-hybridized carbons (Fsp3) is 0. The molecule has 0 N–H and O–H groups in total. The molecule has 0 aliphatic carbocycles. The van der Waals surface area contributed by atoms with Crippen molar-refractivity contribution in [2.24, 2.45) is 0 Å². The summed E-state index contributed by atoms with van der Waals surface area (Å²) in [5.41, 5.74) is 0. The van der Waals surface area contributed by atoms with E-state index in [1.807, 2.05) is 0 Å². The van der Waals surface area contributed by atoms with Gasteiger partial charge in [-0.25, -0.2) is 0 Å². The molecule has 6 aromatic carbocycles. The van der Waals surface area contributed by atoms with Gasteiger partial charge in [-0.3, -0.25) is 0 Å². The zero-order chi connectivity index (χ0) is 18.8. The predicted molar refractivity (Wildman–Crippen MR) is 123 cm³/mol. The van der Waals surface area contributed by atoms with Crippen LogP contribution < -0.4 is 0 Å². The summed E-state index contributed by atoms with van der Waals surface area (Å²) < 4.78 is 0. The molecule has 6 rings (SSSR count). The second kappa shape index (κ2) is 8.50. The summed E-state index contributed by atoms with van der Waals surface area (Å²) in [5.74, 6) is 0. The number of rotatable bonds is 0. The Morgan fingerprint density at radius 3 is 0.517 bits per heavy atom. The van der Waals surface area contributed by atoms with Gasteiger partial charge in [0.1, 0.15) is 0 Å². The number of hydrogen-bond acceptors (Lipinski definition) is 0. The maximum atomic E-state index is 2.24. The zero-order valence-electron chi connectivity index (χ0n) is 16.0. The van der Waals surface area contributed by atoms with Crippen molar-refractivity contribution in [2.75, 3.05) is 0 Å². The molecule has 0 atom stereocenters. The third-order valence-corrected chi connectivity index (χ3v) is 5.23. The summed E-state index contributed by atoms with van der Waals surface area (Å²) in [6.45, 7) is 0. The van der Waals surface area contributed by atoms with Crippen LogP contribution in [0, 0.1) is 0 Å². The molecule has 0 aromatic heterocycles. The maximum Gasteiger partial charge on any atom is 0 e. The van der Waals surface area contributed by atoms with Crippen LogP contribution >= 0.6 is 0 Å². The van der Waals surface area contributed by atoms with Crippen molar-refractivity contribution < 1.29 is 17.4 Å². The molecule has 0 amide bonds. The van der Waals surface area contributed by atoms with Crippen LogP contribution in [0.25, 0.3) is 43.1 Å². The molecule has 0 spiro atoms. The van der Waals surface area contributed by atoms with Gasteiger partial charge in [0.2, 0.25) is 0 Å². The van der Waals surface area contributed by atoms with Gasteiger partial charge in [0.25, 0.3) is 0 Å². The summed E-state index contributed by atoms with van der Waals surface area (Å²) in [4.78, 5) is 0. The van der Waals surface area contributed by atoms with Crippen molar-refractivity contribution in [3.8, 4) is 0 Å². The van der Waals surface area contributed by atoms with Crippen molar-refractivity contribution in [2.45, 2.75) is 0 Å². The average Bonchev–Trinajstić information content (AvgIpc) is 2.76. The number of benzene rings is 6. The van der Waals surface area contributed by atoms with Gasteiger partial charge in [-0.05, 0) is 67.4 Å². The van der Waals surface area contributed by atoms with Gasteiger partial charge in [-0.15, -0.1) is 0 Å². The third kappa shape index (κ3) is 4.03. The Morgan fingerprint density at radius 1 is 0.241 bits per heavy atom. The molecule has 0 nitrogen and oxygen atoms in total. The molecule has 0 aliphatic rings. The average molecular weight is 408 g/mol. The van der Waals surface area contributed by atoms with E-state index < -0.39 is 0 Å². The van der Waals surface area contributed by atoms with E-state index in [1.165, 1.54) is 43.1 Å². The van der Waals surface area contributed by atoms with Crippen molar-refractivity contribution in [1.82, 2.24) is 0 Å². The predicted octanol–water partition coefficient (Wildman–Crippen LogP) is 7.98. The van der Waals surface area contributed by atoms with E-state index in [1.54, 1.807) is 0 Å². The minimum absolute atomic E-state index is 0. The van der Waals surface area contributed by atoms with Crippen molar-refractivity contribution >= 4 is 43.1 Å². The van der Waals surface area contributed by atoms with Crippen LogP contribution in [0.1, 0.15) is 0 Å². The molecule has 29 heavy (non-hydrogen) atoms. The van der Waals surface area contributed by atoms with Crippen LogP contribution in [0.15, 0.2) is 121 Å². The summed E-state index contributed by atoms with van der Waals surface area (Å²) in [6, 6.07) is 42.8. The second-order valence-electron chi connectivity index (χ2n) is 7.09. The summed E-state index contributed by atoms with van der Waals surface area (Å²) >= 11 is 0. The zero-order valence-corrected chi connectivity index (χ0v) is 17.2. The van der Waals surface area contributed by atoms with Gasteiger partial charge < -0.3 is 0 Å². The molecule has 0 unspecified atom stereocenters. The van der Waals surface area contributed by atoms with Crippen LogP contribution in [-0.4, -0.2) is 0 Å². The minimum Gasteiger partial charge on any atom is -0.0616 e. The smallest absolute Gasteiger partial charge is 0 e. The van der Waals surface area contributed by atoms with Gasteiger partial charge in [0.15, 0.2) is 0 Å². The summed E-state index contributed by atoms with van der Waals surface area (Å²) in [7, 11) is 0. The van der Waals surface area contributed by atoms with E-state index >= 15 is 0 Å². The molecule has 0 saturated heterocycles. The minimum atomic E-state index is 0. The Morgan fingerprint density at radius 2 is 0.379 bits per heavy atom. The first-order valence-corrected chi connectivity index (χ1v) is 9.62. The molecule has 0 radical (unpaired) electrons. The van der Waals surface area contributed by atoms with Gasteiger partial charge in [0.05, 0.1) is 0 Å².